The topological polar surface area (TPSA) is 88.0 Å². The zero-order valence-corrected chi connectivity index (χ0v) is 18.6. The maximum Gasteiger partial charge on any atom is 0.252 e. The van der Waals surface area contributed by atoms with Crippen molar-refractivity contribution in [1.29, 1.82) is 0 Å². The standard InChI is InChI=1S/C20H31N7O.ClH/c1-14-11-15(2)23-20(22-14)27-18(12-16(3)25-27)24-19(28)13-26-9-6-17(7-10-26)5-8-21-4;/h11-12,17,21H,5-10,13H2,1-4H3,(H,24,28);1H. The first kappa shape index (κ1) is 23.3. The molecule has 2 N–H and O–H groups in total. The predicted molar refractivity (Wildman–Crippen MR) is 117 cm³/mol. The van der Waals surface area contributed by atoms with E-state index in [0.29, 0.717) is 18.3 Å². The van der Waals surface area contributed by atoms with Gasteiger partial charge in [-0.2, -0.15) is 9.78 Å². The number of halogens is 1. The molecule has 1 saturated heterocycles. The predicted octanol–water partition coefficient (Wildman–Crippen LogP) is 2.27. The first-order valence-corrected chi connectivity index (χ1v) is 10.0. The van der Waals surface area contributed by atoms with E-state index in [0.717, 1.165) is 55.5 Å². The van der Waals surface area contributed by atoms with E-state index >= 15 is 0 Å². The maximum atomic E-state index is 12.6. The second-order valence-electron chi connectivity index (χ2n) is 7.69. The highest BCUT2D eigenvalue weighted by Crippen LogP contribution is 2.20. The van der Waals surface area contributed by atoms with Crippen LogP contribution in [0.3, 0.4) is 0 Å². The molecule has 0 unspecified atom stereocenters. The second-order valence-corrected chi connectivity index (χ2v) is 7.69. The van der Waals surface area contributed by atoms with E-state index in [1.165, 1.54) is 6.42 Å². The number of aromatic nitrogens is 4. The largest absolute Gasteiger partial charge is 0.320 e. The molecule has 1 amide bonds. The van der Waals surface area contributed by atoms with Crippen molar-refractivity contribution in [2.45, 2.75) is 40.0 Å². The Morgan fingerprint density at radius 3 is 2.38 bits per heavy atom. The van der Waals surface area contributed by atoms with Gasteiger partial charge in [-0.3, -0.25) is 9.69 Å². The molecule has 0 aliphatic carbocycles. The number of hydrogen-bond acceptors (Lipinski definition) is 6. The summed E-state index contributed by atoms with van der Waals surface area (Å²) in [7, 11) is 2.00. The minimum atomic E-state index is -0.0285. The number of carbonyl (C=O) groups excluding carboxylic acids is 1. The summed E-state index contributed by atoms with van der Waals surface area (Å²) in [5.41, 5.74) is 2.55. The molecule has 0 saturated carbocycles. The smallest absolute Gasteiger partial charge is 0.252 e. The molecule has 0 atom stereocenters. The van der Waals surface area contributed by atoms with Crippen molar-refractivity contribution in [2.75, 3.05) is 38.5 Å². The highest BCUT2D eigenvalue weighted by atomic mass is 35.5. The number of piperidine rings is 1. The summed E-state index contributed by atoms with van der Waals surface area (Å²) >= 11 is 0. The Balaban J connectivity index is 0.00000300. The summed E-state index contributed by atoms with van der Waals surface area (Å²) in [6.45, 7) is 9.15. The van der Waals surface area contributed by atoms with Gasteiger partial charge < -0.3 is 10.6 Å². The lowest BCUT2D eigenvalue weighted by Crippen LogP contribution is -2.39. The summed E-state index contributed by atoms with van der Waals surface area (Å²) < 4.78 is 1.61. The van der Waals surface area contributed by atoms with Crippen LogP contribution in [0.25, 0.3) is 5.95 Å². The summed E-state index contributed by atoms with van der Waals surface area (Å²) in [6, 6.07) is 3.77. The molecule has 0 aromatic carbocycles. The molecule has 3 heterocycles. The lowest BCUT2D eigenvalue weighted by Gasteiger charge is -2.31. The van der Waals surface area contributed by atoms with E-state index < -0.39 is 0 Å². The molecule has 1 aliphatic rings. The van der Waals surface area contributed by atoms with Crippen molar-refractivity contribution in [3.63, 3.8) is 0 Å². The van der Waals surface area contributed by atoms with Gasteiger partial charge in [-0.05, 0) is 78.7 Å². The lowest BCUT2D eigenvalue weighted by atomic mass is 9.93. The third kappa shape index (κ3) is 6.48. The van der Waals surface area contributed by atoms with Crippen molar-refractivity contribution in [1.82, 2.24) is 30.0 Å². The van der Waals surface area contributed by atoms with Crippen LogP contribution >= 0.6 is 12.4 Å². The van der Waals surface area contributed by atoms with Crippen molar-refractivity contribution in [3.05, 3.63) is 29.2 Å². The van der Waals surface area contributed by atoms with Gasteiger partial charge in [-0.1, -0.05) is 0 Å². The SMILES string of the molecule is CNCCC1CCN(CC(=O)Nc2cc(C)nn2-c2nc(C)cc(C)n2)CC1.Cl. The monoisotopic (exact) mass is 421 g/mol. The van der Waals surface area contributed by atoms with Crippen LogP contribution in [0.5, 0.6) is 0 Å². The number of anilines is 1. The van der Waals surface area contributed by atoms with E-state index in [1.54, 1.807) is 4.68 Å². The molecule has 3 rings (SSSR count). The van der Waals surface area contributed by atoms with Crippen molar-refractivity contribution in [3.8, 4) is 5.95 Å². The highest BCUT2D eigenvalue weighted by molar-refractivity contribution is 5.91. The Bertz CT molecular complexity index is 795. The number of aryl methyl sites for hydroxylation is 3. The molecule has 0 radical (unpaired) electrons. The molecule has 9 heteroatoms. The van der Waals surface area contributed by atoms with Gasteiger partial charge in [0.05, 0.1) is 12.2 Å². The zero-order valence-electron chi connectivity index (χ0n) is 17.7. The third-order valence-electron chi connectivity index (χ3n) is 5.14. The molecule has 1 aliphatic heterocycles. The van der Waals surface area contributed by atoms with E-state index in [4.69, 9.17) is 0 Å². The number of carbonyl (C=O) groups is 1. The van der Waals surface area contributed by atoms with Crippen LogP contribution < -0.4 is 10.6 Å². The van der Waals surface area contributed by atoms with Crippen LogP contribution in [0.1, 0.15) is 36.3 Å². The number of nitrogens with zero attached hydrogens (tertiary/aromatic N) is 5. The quantitative estimate of drug-likeness (QED) is 0.713. The molecular weight excluding hydrogens is 390 g/mol. The van der Waals surface area contributed by atoms with Crippen molar-refractivity contribution in [2.24, 2.45) is 5.92 Å². The van der Waals surface area contributed by atoms with E-state index in [1.807, 2.05) is 40.0 Å². The average molecular weight is 422 g/mol. The van der Waals surface area contributed by atoms with Gasteiger partial charge in [-0.15, -0.1) is 12.4 Å². The Morgan fingerprint density at radius 2 is 1.76 bits per heavy atom. The van der Waals surface area contributed by atoms with Gasteiger partial charge >= 0.3 is 0 Å². The number of amides is 1. The molecular formula is C20H32ClN7O. The average Bonchev–Trinajstić information content (AvgIpc) is 3.00. The van der Waals surface area contributed by atoms with Crippen LogP contribution in [0.2, 0.25) is 0 Å². The van der Waals surface area contributed by atoms with Gasteiger partial charge in [-0.25, -0.2) is 9.97 Å². The number of nitrogens with one attached hydrogen (secondary N) is 2. The van der Waals surface area contributed by atoms with Gasteiger partial charge in [0, 0.05) is 17.5 Å². The third-order valence-corrected chi connectivity index (χ3v) is 5.14. The second kappa shape index (κ2) is 10.7. The normalized spacial score (nSPS) is 15.2. The van der Waals surface area contributed by atoms with E-state index in [2.05, 4.69) is 30.6 Å². The molecule has 2 aromatic rings. The first-order valence-electron chi connectivity index (χ1n) is 10.0. The molecule has 8 nitrogen and oxygen atoms in total. The highest BCUT2D eigenvalue weighted by Gasteiger charge is 2.21. The number of likely N-dealkylation sites (tertiary alicyclic amines) is 1. The van der Waals surface area contributed by atoms with Gasteiger partial charge in [0.15, 0.2) is 0 Å². The van der Waals surface area contributed by atoms with Gasteiger partial charge in [0.25, 0.3) is 5.95 Å². The Hall–Kier alpha value is -2.03. The Labute approximate surface area is 178 Å². The van der Waals surface area contributed by atoms with Crippen LogP contribution in [-0.2, 0) is 4.79 Å². The maximum absolute atomic E-state index is 12.6. The summed E-state index contributed by atoms with van der Waals surface area (Å²) in [5.74, 6) is 1.82. The molecule has 1 fully saturated rings. The van der Waals surface area contributed by atoms with Crippen LogP contribution in [-0.4, -0.2) is 63.8 Å². The van der Waals surface area contributed by atoms with Crippen LogP contribution in [0, 0.1) is 26.7 Å². The molecule has 2 aromatic heterocycles. The van der Waals surface area contributed by atoms with Crippen molar-refractivity contribution < 1.29 is 4.79 Å². The molecule has 160 valence electrons. The minimum Gasteiger partial charge on any atom is -0.320 e. The molecule has 0 bridgehead atoms. The fourth-order valence-corrected chi connectivity index (χ4v) is 3.71. The Kier molecular flexibility index (Phi) is 8.55. The van der Waals surface area contributed by atoms with E-state index in [9.17, 15) is 4.79 Å². The van der Waals surface area contributed by atoms with Crippen LogP contribution in [0.15, 0.2) is 12.1 Å². The number of hydrogen-bond donors (Lipinski definition) is 2. The molecule has 0 spiro atoms. The first-order chi connectivity index (χ1) is 13.4. The van der Waals surface area contributed by atoms with Gasteiger partial charge in [0.1, 0.15) is 5.82 Å². The van der Waals surface area contributed by atoms with Crippen molar-refractivity contribution >= 4 is 24.1 Å². The van der Waals surface area contributed by atoms with E-state index in [-0.39, 0.29) is 18.3 Å². The number of rotatable bonds is 7. The molecule has 29 heavy (non-hydrogen) atoms. The minimum absolute atomic E-state index is 0. The summed E-state index contributed by atoms with van der Waals surface area (Å²) in [6.07, 6.45) is 3.52. The summed E-state index contributed by atoms with van der Waals surface area (Å²) in [4.78, 5) is 23.8. The summed E-state index contributed by atoms with van der Waals surface area (Å²) in [5, 5.41) is 10.7. The fourth-order valence-electron chi connectivity index (χ4n) is 3.71. The zero-order chi connectivity index (χ0) is 20.1. The Morgan fingerprint density at radius 1 is 1.10 bits per heavy atom. The van der Waals surface area contributed by atoms with Gasteiger partial charge in [0.2, 0.25) is 5.91 Å². The fraction of sp³-hybridized carbons (Fsp3) is 0.600. The lowest BCUT2D eigenvalue weighted by molar-refractivity contribution is -0.117. The van der Waals surface area contributed by atoms with Crippen LogP contribution in [0.4, 0.5) is 5.82 Å².